The van der Waals surface area contributed by atoms with Gasteiger partial charge in [-0.3, -0.25) is 4.79 Å². The van der Waals surface area contributed by atoms with Crippen molar-refractivity contribution in [3.05, 3.63) is 55.8 Å². The number of aliphatic hydroxyl groups is 1. The molecule has 6 nitrogen and oxygen atoms in total. The van der Waals surface area contributed by atoms with Crippen molar-refractivity contribution in [1.29, 1.82) is 0 Å². The van der Waals surface area contributed by atoms with Gasteiger partial charge >= 0.3 is 0 Å². The maximum Gasteiger partial charge on any atom is 0.197 e. The number of fused-ring (bicyclic) bond motifs is 1. The zero-order chi connectivity index (χ0) is 20.0. The smallest absolute Gasteiger partial charge is 0.197 e. The largest absolute Gasteiger partial charge is 0.507 e. The first-order valence-electron chi connectivity index (χ1n) is 9.00. The van der Waals surface area contributed by atoms with E-state index in [4.69, 9.17) is 4.42 Å². The summed E-state index contributed by atoms with van der Waals surface area (Å²) < 4.78 is 7.09. The van der Waals surface area contributed by atoms with Gasteiger partial charge in [-0.2, -0.15) is 0 Å². The highest BCUT2D eigenvalue weighted by atomic mass is 127. The number of halogens is 2. The number of aromatic hydroxyl groups is 2. The van der Waals surface area contributed by atoms with Gasteiger partial charge in [-0.1, -0.05) is 12.1 Å². The van der Waals surface area contributed by atoms with E-state index in [0.717, 1.165) is 15.7 Å². The fraction of sp³-hybridized carbons (Fsp3) is 0.286. The fourth-order valence-electron chi connectivity index (χ4n) is 4.08. The zero-order valence-electron chi connectivity index (χ0n) is 15.6. The third-order valence-corrected chi connectivity index (χ3v) is 6.16. The highest BCUT2D eigenvalue weighted by molar-refractivity contribution is 14.1. The van der Waals surface area contributed by atoms with Crippen molar-refractivity contribution >= 4 is 46.0 Å². The van der Waals surface area contributed by atoms with Gasteiger partial charge in [0.15, 0.2) is 5.43 Å². The Morgan fingerprint density at radius 1 is 1.21 bits per heavy atom. The lowest BCUT2D eigenvalue weighted by atomic mass is 9.89. The van der Waals surface area contributed by atoms with Crippen LogP contribution in [0.25, 0.3) is 22.3 Å². The number of phenolic OH excluding ortho intramolecular Hbond substituents is 2. The highest BCUT2D eigenvalue weighted by Crippen LogP contribution is 2.44. The lowest BCUT2D eigenvalue weighted by Crippen LogP contribution is -2.32. The molecule has 1 aromatic heterocycles. The first-order valence-corrected chi connectivity index (χ1v) is 10.1. The van der Waals surface area contributed by atoms with Gasteiger partial charge in [0.2, 0.25) is 0 Å². The SMILES string of the molecule is CN1CC[C@@H](c2c(O)cc(O)c3c(=O)cc(-c4cccc(I)c4)oc23)[C@@H]1CO.Cl. The Hall–Kier alpha value is -1.81. The molecular formula is C21H21ClINO5. The fourth-order valence-corrected chi connectivity index (χ4v) is 4.62. The topological polar surface area (TPSA) is 94.1 Å². The van der Waals surface area contributed by atoms with Gasteiger partial charge in [-0.05, 0) is 54.7 Å². The molecule has 1 fully saturated rings. The molecule has 1 aliphatic rings. The summed E-state index contributed by atoms with van der Waals surface area (Å²) in [4.78, 5) is 14.8. The third-order valence-electron chi connectivity index (χ3n) is 5.49. The molecule has 4 rings (SSSR count). The van der Waals surface area contributed by atoms with Gasteiger partial charge < -0.3 is 24.6 Å². The van der Waals surface area contributed by atoms with Crippen LogP contribution in [-0.2, 0) is 0 Å². The number of hydrogen-bond acceptors (Lipinski definition) is 6. The molecule has 0 bridgehead atoms. The van der Waals surface area contributed by atoms with Crippen LogP contribution in [0.5, 0.6) is 11.5 Å². The van der Waals surface area contributed by atoms with Crippen LogP contribution < -0.4 is 5.43 Å². The maximum atomic E-state index is 12.8. The van der Waals surface area contributed by atoms with E-state index in [1.807, 2.05) is 36.2 Å². The molecule has 29 heavy (non-hydrogen) atoms. The number of aliphatic hydroxyl groups excluding tert-OH is 1. The summed E-state index contributed by atoms with van der Waals surface area (Å²) in [5.41, 5.74) is 1.00. The lowest BCUT2D eigenvalue weighted by molar-refractivity contribution is 0.172. The minimum atomic E-state index is -0.374. The van der Waals surface area contributed by atoms with Crippen LogP contribution in [0.4, 0.5) is 0 Å². The molecule has 0 aliphatic carbocycles. The first-order chi connectivity index (χ1) is 13.4. The van der Waals surface area contributed by atoms with E-state index in [0.29, 0.717) is 17.7 Å². The van der Waals surface area contributed by atoms with Crippen LogP contribution in [0, 0.1) is 3.57 Å². The summed E-state index contributed by atoms with van der Waals surface area (Å²) in [6.45, 7) is 0.669. The van der Waals surface area contributed by atoms with E-state index >= 15 is 0 Å². The monoisotopic (exact) mass is 529 g/mol. The Morgan fingerprint density at radius 2 is 1.97 bits per heavy atom. The summed E-state index contributed by atoms with van der Waals surface area (Å²) >= 11 is 2.18. The van der Waals surface area contributed by atoms with Gasteiger partial charge in [-0.25, -0.2) is 0 Å². The molecule has 3 N–H and O–H groups in total. The van der Waals surface area contributed by atoms with Crippen LogP contribution in [0.2, 0.25) is 0 Å². The highest BCUT2D eigenvalue weighted by Gasteiger charge is 2.36. The van der Waals surface area contributed by atoms with Gasteiger partial charge in [0.05, 0.1) is 6.61 Å². The van der Waals surface area contributed by atoms with Crippen LogP contribution in [0.15, 0.2) is 45.6 Å². The van der Waals surface area contributed by atoms with Gasteiger partial charge in [0.1, 0.15) is 28.2 Å². The number of phenols is 2. The molecule has 3 aromatic rings. The minimum Gasteiger partial charge on any atom is -0.507 e. The van der Waals surface area contributed by atoms with Gasteiger partial charge in [0, 0.05) is 38.8 Å². The molecule has 1 aliphatic heterocycles. The molecule has 1 saturated heterocycles. The van der Waals surface area contributed by atoms with E-state index < -0.39 is 0 Å². The molecular weight excluding hydrogens is 509 g/mol. The first kappa shape index (κ1) is 21.9. The average molecular weight is 530 g/mol. The minimum absolute atomic E-state index is 0. The number of nitrogens with zero attached hydrogens (tertiary/aromatic N) is 1. The molecule has 0 amide bonds. The van der Waals surface area contributed by atoms with Crippen LogP contribution in [0.1, 0.15) is 17.9 Å². The zero-order valence-corrected chi connectivity index (χ0v) is 18.6. The summed E-state index contributed by atoms with van der Waals surface area (Å²) in [7, 11) is 1.91. The molecule has 0 spiro atoms. The second-order valence-electron chi connectivity index (χ2n) is 7.14. The Balaban J connectivity index is 0.00000240. The quantitative estimate of drug-likeness (QED) is 0.448. The van der Waals surface area contributed by atoms with Crippen molar-refractivity contribution in [2.45, 2.75) is 18.4 Å². The molecule has 8 heteroatoms. The van der Waals surface area contributed by atoms with Crippen LogP contribution in [-0.4, -0.2) is 46.5 Å². The summed E-state index contributed by atoms with van der Waals surface area (Å²) in [6, 6.07) is 9.89. The van der Waals surface area contributed by atoms with Gasteiger partial charge in [-0.15, -0.1) is 12.4 Å². The number of benzene rings is 2. The predicted molar refractivity (Wildman–Crippen MR) is 122 cm³/mol. The summed E-state index contributed by atoms with van der Waals surface area (Å²) in [6.07, 6.45) is 0.701. The average Bonchev–Trinajstić information content (AvgIpc) is 3.01. The number of rotatable bonds is 3. The Bertz CT molecular complexity index is 1120. The van der Waals surface area contributed by atoms with Crippen molar-refractivity contribution < 1.29 is 19.7 Å². The predicted octanol–water partition coefficient (Wildman–Crippen LogP) is 3.68. The van der Waals surface area contributed by atoms with Gasteiger partial charge in [0.25, 0.3) is 0 Å². The molecule has 2 atom stereocenters. The van der Waals surface area contributed by atoms with Crippen LogP contribution in [0.3, 0.4) is 0 Å². The Kier molecular flexibility index (Phi) is 6.42. The molecule has 0 saturated carbocycles. The summed E-state index contributed by atoms with van der Waals surface area (Å²) in [5, 5.41) is 30.8. The van der Waals surface area contributed by atoms with Crippen molar-refractivity contribution in [1.82, 2.24) is 4.90 Å². The number of likely N-dealkylation sites (N-methyl/N-ethyl adjacent to an activating group) is 1. The van der Waals surface area contributed by atoms with E-state index in [1.54, 1.807) is 0 Å². The second kappa shape index (κ2) is 8.51. The molecule has 2 heterocycles. The standard InChI is InChI=1S/C21H20INO5.ClH/c1-23-6-5-13(14(23)10-24)19-15(25)8-16(26)20-17(27)9-18(28-21(19)20)11-3-2-4-12(22)7-11;/h2-4,7-9,13-14,24-26H,5-6,10H2,1H3;1H/t13-,14+;/m1./s1. The van der Waals surface area contributed by atoms with Crippen molar-refractivity contribution in [2.24, 2.45) is 0 Å². The Labute approximate surface area is 187 Å². The van der Waals surface area contributed by atoms with E-state index in [1.165, 1.54) is 12.1 Å². The van der Waals surface area contributed by atoms with Crippen molar-refractivity contribution in [3.63, 3.8) is 0 Å². The number of hydrogen-bond donors (Lipinski definition) is 3. The maximum absolute atomic E-state index is 12.8. The third kappa shape index (κ3) is 3.84. The molecule has 0 unspecified atom stereocenters. The van der Waals surface area contributed by atoms with Crippen molar-refractivity contribution in [2.75, 3.05) is 20.2 Å². The normalized spacial score (nSPS) is 19.4. The molecule has 0 radical (unpaired) electrons. The second-order valence-corrected chi connectivity index (χ2v) is 8.39. The van der Waals surface area contributed by atoms with E-state index in [-0.39, 0.29) is 58.9 Å². The lowest BCUT2D eigenvalue weighted by Gasteiger charge is -2.24. The number of likely N-dealkylation sites (tertiary alicyclic amines) is 1. The van der Waals surface area contributed by atoms with Crippen LogP contribution >= 0.6 is 35.0 Å². The van der Waals surface area contributed by atoms with Crippen molar-refractivity contribution in [3.8, 4) is 22.8 Å². The Morgan fingerprint density at radius 3 is 2.66 bits per heavy atom. The summed E-state index contributed by atoms with van der Waals surface area (Å²) in [5.74, 6) is -0.292. The van der Waals surface area contributed by atoms with E-state index in [9.17, 15) is 20.1 Å². The molecule has 2 aromatic carbocycles. The molecule has 154 valence electrons. The van der Waals surface area contributed by atoms with E-state index in [2.05, 4.69) is 22.6 Å².